The van der Waals surface area contributed by atoms with Crippen molar-refractivity contribution in [2.45, 2.75) is 20.5 Å². The normalized spacial score (nSPS) is 10.2. The highest BCUT2D eigenvalue weighted by atomic mass is 35.5. The van der Waals surface area contributed by atoms with Gasteiger partial charge in [-0.3, -0.25) is 5.32 Å². The molecule has 0 saturated heterocycles. The van der Waals surface area contributed by atoms with Crippen LogP contribution in [0.3, 0.4) is 0 Å². The van der Waals surface area contributed by atoms with Crippen LogP contribution in [0.2, 0.25) is 5.02 Å². The van der Waals surface area contributed by atoms with Gasteiger partial charge in [0.25, 0.3) is 0 Å². The molecule has 0 radical (unpaired) electrons. The quantitative estimate of drug-likeness (QED) is 0.813. The summed E-state index contributed by atoms with van der Waals surface area (Å²) in [5.74, 6) is 1.20. The number of benzene rings is 2. The van der Waals surface area contributed by atoms with Crippen molar-refractivity contribution in [2.75, 3.05) is 19.0 Å². The van der Waals surface area contributed by atoms with Crippen molar-refractivity contribution in [3.63, 3.8) is 0 Å². The molecule has 1 N–H and O–H groups in total. The third kappa shape index (κ3) is 4.55. The fraction of sp³-hybridized carbons (Fsp3) is 0.278. The summed E-state index contributed by atoms with van der Waals surface area (Å²) in [6.07, 6.45) is -0.557. The standard InChI is InChI=1S/C18H20ClNO4/c1-4-23-16-7-5-6-15(20-18(21)22-3)13(16)11-24-17-9-8-12(2)10-14(17)19/h5-10H,4,11H2,1-3H3,(H,20,21). The molecule has 0 heterocycles. The van der Waals surface area contributed by atoms with Crippen LogP contribution in [0.25, 0.3) is 0 Å². The summed E-state index contributed by atoms with van der Waals surface area (Å²) in [6.45, 7) is 4.54. The molecule has 0 aliphatic carbocycles. The number of anilines is 1. The number of carbonyl (C=O) groups excluding carboxylic acids is 1. The van der Waals surface area contributed by atoms with Crippen LogP contribution in [0.1, 0.15) is 18.1 Å². The molecule has 24 heavy (non-hydrogen) atoms. The lowest BCUT2D eigenvalue weighted by Crippen LogP contribution is -2.14. The Bertz CT molecular complexity index is 718. The van der Waals surface area contributed by atoms with Crippen molar-refractivity contribution in [1.29, 1.82) is 0 Å². The molecule has 2 aromatic carbocycles. The van der Waals surface area contributed by atoms with Crippen LogP contribution in [0.4, 0.5) is 10.5 Å². The lowest BCUT2D eigenvalue weighted by Gasteiger charge is -2.16. The Balaban J connectivity index is 2.26. The fourth-order valence-corrected chi connectivity index (χ4v) is 2.45. The van der Waals surface area contributed by atoms with Gasteiger partial charge in [-0.2, -0.15) is 0 Å². The Morgan fingerprint density at radius 2 is 1.96 bits per heavy atom. The first-order valence-electron chi connectivity index (χ1n) is 7.53. The number of carbonyl (C=O) groups is 1. The summed E-state index contributed by atoms with van der Waals surface area (Å²) < 4.78 is 16.1. The van der Waals surface area contributed by atoms with Gasteiger partial charge in [-0.15, -0.1) is 0 Å². The van der Waals surface area contributed by atoms with E-state index in [1.807, 2.05) is 38.1 Å². The van der Waals surface area contributed by atoms with Crippen LogP contribution < -0.4 is 14.8 Å². The predicted octanol–water partition coefficient (Wildman–Crippen LogP) is 4.80. The van der Waals surface area contributed by atoms with E-state index in [1.54, 1.807) is 12.1 Å². The number of aryl methyl sites for hydroxylation is 1. The smallest absolute Gasteiger partial charge is 0.411 e. The highest BCUT2D eigenvalue weighted by Gasteiger charge is 2.14. The van der Waals surface area contributed by atoms with Crippen LogP contribution in [-0.4, -0.2) is 19.8 Å². The maximum atomic E-state index is 11.5. The van der Waals surface area contributed by atoms with Gasteiger partial charge in [0.05, 0.1) is 30.0 Å². The van der Waals surface area contributed by atoms with Gasteiger partial charge in [-0.1, -0.05) is 23.7 Å². The summed E-state index contributed by atoms with van der Waals surface area (Å²) in [4.78, 5) is 11.5. The number of hydrogen-bond donors (Lipinski definition) is 1. The van der Waals surface area contributed by atoms with E-state index < -0.39 is 6.09 Å². The molecule has 128 valence electrons. The van der Waals surface area contributed by atoms with E-state index in [-0.39, 0.29) is 6.61 Å². The van der Waals surface area contributed by atoms with E-state index in [0.29, 0.717) is 34.4 Å². The second-order valence-electron chi connectivity index (χ2n) is 5.05. The molecular formula is C18H20ClNO4. The average molecular weight is 350 g/mol. The highest BCUT2D eigenvalue weighted by Crippen LogP contribution is 2.31. The lowest BCUT2D eigenvalue weighted by molar-refractivity contribution is 0.187. The number of halogens is 1. The van der Waals surface area contributed by atoms with E-state index in [9.17, 15) is 4.79 Å². The van der Waals surface area contributed by atoms with E-state index in [0.717, 1.165) is 5.56 Å². The minimum Gasteiger partial charge on any atom is -0.493 e. The van der Waals surface area contributed by atoms with Crippen molar-refractivity contribution >= 4 is 23.4 Å². The maximum Gasteiger partial charge on any atom is 0.411 e. The number of amides is 1. The number of rotatable bonds is 6. The van der Waals surface area contributed by atoms with Gasteiger partial charge in [0.1, 0.15) is 18.1 Å². The molecule has 0 bridgehead atoms. The van der Waals surface area contributed by atoms with E-state index in [1.165, 1.54) is 7.11 Å². The van der Waals surface area contributed by atoms with Gasteiger partial charge in [0.15, 0.2) is 0 Å². The van der Waals surface area contributed by atoms with E-state index in [2.05, 4.69) is 10.1 Å². The van der Waals surface area contributed by atoms with Crippen LogP contribution in [-0.2, 0) is 11.3 Å². The molecule has 0 aromatic heterocycles. The maximum absolute atomic E-state index is 11.5. The first-order valence-corrected chi connectivity index (χ1v) is 7.91. The van der Waals surface area contributed by atoms with Gasteiger partial charge >= 0.3 is 6.09 Å². The van der Waals surface area contributed by atoms with E-state index >= 15 is 0 Å². The monoisotopic (exact) mass is 349 g/mol. The summed E-state index contributed by atoms with van der Waals surface area (Å²) in [5.41, 5.74) is 2.33. The van der Waals surface area contributed by atoms with Crippen LogP contribution in [0, 0.1) is 6.92 Å². The first kappa shape index (κ1) is 17.9. The summed E-state index contributed by atoms with van der Waals surface area (Å²) in [5, 5.41) is 3.20. The molecule has 0 fully saturated rings. The number of hydrogen-bond acceptors (Lipinski definition) is 4. The zero-order valence-corrected chi connectivity index (χ0v) is 14.6. The summed E-state index contributed by atoms with van der Waals surface area (Å²) in [6, 6.07) is 10.9. The second-order valence-corrected chi connectivity index (χ2v) is 5.46. The molecule has 2 aromatic rings. The SMILES string of the molecule is CCOc1cccc(NC(=O)OC)c1COc1ccc(C)cc1Cl. The van der Waals surface area contributed by atoms with Crippen molar-refractivity contribution in [3.05, 3.63) is 52.5 Å². The number of ether oxygens (including phenoxy) is 3. The molecule has 0 atom stereocenters. The molecule has 0 unspecified atom stereocenters. The third-order valence-electron chi connectivity index (χ3n) is 3.31. The molecular weight excluding hydrogens is 330 g/mol. The highest BCUT2D eigenvalue weighted by molar-refractivity contribution is 6.32. The Morgan fingerprint density at radius 1 is 1.17 bits per heavy atom. The van der Waals surface area contributed by atoms with Gasteiger partial charge < -0.3 is 14.2 Å². The van der Waals surface area contributed by atoms with Crippen molar-refractivity contribution in [1.82, 2.24) is 0 Å². The van der Waals surface area contributed by atoms with Gasteiger partial charge in [0, 0.05) is 0 Å². The van der Waals surface area contributed by atoms with E-state index in [4.69, 9.17) is 21.1 Å². The van der Waals surface area contributed by atoms with Gasteiger partial charge in [-0.05, 0) is 43.7 Å². The Labute approximate surface area is 146 Å². The van der Waals surface area contributed by atoms with Gasteiger partial charge in [0.2, 0.25) is 0 Å². The summed E-state index contributed by atoms with van der Waals surface area (Å²) in [7, 11) is 1.31. The first-order chi connectivity index (χ1) is 11.5. The Hall–Kier alpha value is -2.40. The van der Waals surface area contributed by atoms with Crippen LogP contribution >= 0.6 is 11.6 Å². The summed E-state index contributed by atoms with van der Waals surface area (Å²) >= 11 is 6.20. The molecule has 5 nitrogen and oxygen atoms in total. The van der Waals surface area contributed by atoms with Crippen LogP contribution in [0.15, 0.2) is 36.4 Å². The number of nitrogens with one attached hydrogen (secondary N) is 1. The molecule has 0 saturated carbocycles. The largest absolute Gasteiger partial charge is 0.493 e. The zero-order chi connectivity index (χ0) is 17.5. The van der Waals surface area contributed by atoms with Crippen molar-refractivity contribution < 1.29 is 19.0 Å². The molecule has 0 spiro atoms. The fourth-order valence-electron chi connectivity index (χ4n) is 2.16. The molecule has 2 rings (SSSR count). The van der Waals surface area contributed by atoms with Crippen molar-refractivity contribution in [3.8, 4) is 11.5 Å². The zero-order valence-electron chi connectivity index (χ0n) is 13.9. The minimum absolute atomic E-state index is 0.193. The molecule has 0 aliphatic heterocycles. The molecule has 6 heteroatoms. The predicted molar refractivity (Wildman–Crippen MR) is 94.2 cm³/mol. The van der Waals surface area contributed by atoms with Gasteiger partial charge in [-0.25, -0.2) is 4.79 Å². The lowest BCUT2D eigenvalue weighted by atomic mass is 10.1. The Morgan fingerprint density at radius 3 is 2.62 bits per heavy atom. The topological polar surface area (TPSA) is 56.8 Å². The van der Waals surface area contributed by atoms with Crippen molar-refractivity contribution in [2.24, 2.45) is 0 Å². The molecule has 0 aliphatic rings. The second kappa shape index (κ2) is 8.45. The Kier molecular flexibility index (Phi) is 6.32. The van der Waals surface area contributed by atoms with Crippen LogP contribution in [0.5, 0.6) is 11.5 Å². The molecule has 1 amide bonds. The number of methoxy groups -OCH3 is 1. The third-order valence-corrected chi connectivity index (χ3v) is 3.61. The minimum atomic E-state index is -0.557. The average Bonchev–Trinajstić information content (AvgIpc) is 2.56.